The summed E-state index contributed by atoms with van der Waals surface area (Å²) in [5.74, 6) is -0.171. The largest absolute Gasteiger partial charge is 0.479 e. The molecule has 7 heteroatoms. The molecule has 1 aromatic rings. The van der Waals surface area contributed by atoms with Crippen LogP contribution in [0, 0.1) is 11.7 Å². The summed E-state index contributed by atoms with van der Waals surface area (Å²) in [6.07, 6.45) is 0.455. The lowest BCUT2D eigenvalue weighted by Crippen LogP contribution is -2.56. The molecule has 1 amide bonds. The second-order valence-corrected chi connectivity index (χ2v) is 7.54. The predicted molar refractivity (Wildman–Crippen MR) is 86.7 cm³/mol. The summed E-state index contributed by atoms with van der Waals surface area (Å²) in [7, 11) is 0. The van der Waals surface area contributed by atoms with Gasteiger partial charge in [-0.25, -0.2) is 9.18 Å². The van der Waals surface area contributed by atoms with Crippen molar-refractivity contribution in [2.45, 2.75) is 23.8 Å². The molecule has 2 unspecified atom stereocenters. The summed E-state index contributed by atoms with van der Waals surface area (Å²) in [6.45, 7) is 1.77. The SMILES string of the molecule is CC(CSc1ccc(F)cc1)C(=O)NC1(C(=O)O)CCSC1. The molecule has 0 bridgehead atoms. The van der Waals surface area contributed by atoms with E-state index in [9.17, 15) is 19.1 Å². The number of carbonyl (C=O) groups is 2. The zero-order valence-electron chi connectivity index (χ0n) is 12.2. The maximum absolute atomic E-state index is 12.8. The highest BCUT2D eigenvalue weighted by Crippen LogP contribution is 2.29. The molecular weight excluding hydrogens is 325 g/mol. The first-order valence-electron chi connectivity index (χ1n) is 6.94. The number of hydrogen-bond donors (Lipinski definition) is 2. The fraction of sp³-hybridized carbons (Fsp3) is 0.467. The third kappa shape index (κ3) is 4.16. The van der Waals surface area contributed by atoms with Crippen molar-refractivity contribution in [2.75, 3.05) is 17.3 Å². The summed E-state index contributed by atoms with van der Waals surface area (Å²) >= 11 is 2.99. The maximum atomic E-state index is 12.8. The van der Waals surface area contributed by atoms with Crippen molar-refractivity contribution in [3.05, 3.63) is 30.1 Å². The average Bonchev–Trinajstić information content (AvgIpc) is 2.96. The maximum Gasteiger partial charge on any atom is 0.330 e. The van der Waals surface area contributed by atoms with Crippen LogP contribution in [0.1, 0.15) is 13.3 Å². The van der Waals surface area contributed by atoms with Crippen molar-refractivity contribution in [3.63, 3.8) is 0 Å². The van der Waals surface area contributed by atoms with Gasteiger partial charge in [-0.1, -0.05) is 6.92 Å². The second kappa shape index (κ2) is 7.37. The Morgan fingerprint density at radius 2 is 2.14 bits per heavy atom. The molecule has 1 fully saturated rings. The molecule has 0 radical (unpaired) electrons. The Bertz CT molecular complexity index is 544. The van der Waals surface area contributed by atoms with E-state index in [1.807, 2.05) is 0 Å². The fourth-order valence-corrected chi connectivity index (χ4v) is 4.32. The van der Waals surface area contributed by atoms with E-state index in [0.29, 0.717) is 17.9 Å². The van der Waals surface area contributed by atoms with Gasteiger partial charge in [-0.3, -0.25) is 4.79 Å². The molecular formula is C15H18FNO3S2. The number of carboxylic acid groups (broad SMARTS) is 1. The molecule has 4 nitrogen and oxygen atoms in total. The molecule has 0 aromatic heterocycles. The van der Waals surface area contributed by atoms with Crippen LogP contribution < -0.4 is 5.32 Å². The summed E-state index contributed by atoms with van der Waals surface area (Å²) in [5.41, 5.74) is -1.13. The summed E-state index contributed by atoms with van der Waals surface area (Å²) in [5, 5.41) is 12.1. The topological polar surface area (TPSA) is 66.4 Å². The van der Waals surface area contributed by atoms with Crippen molar-refractivity contribution in [1.82, 2.24) is 5.32 Å². The number of carboxylic acids is 1. The average molecular weight is 343 g/mol. The van der Waals surface area contributed by atoms with Gasteiger partial charge in [0.2, 0.25) is 5.91 Å². The summed E-state index contributed by atoms with van der Waals surface area (Å²) in [6, 6.07) is 6.08. The zero-order chi connectivity index (χ0) is 16.2. The molecule has 1 aliphatic rings. The highest BCUT2D eigenvalue weighted by atomic mass is 32.2. The number of amides is 1. The van der Waals surface area contributed by atoms with Crippen LogP contribution in [0.15, 0.2) is 29.2 Å². The number of rotatable bonds is 6. The van der Waals surface area contributed by atoms with Gasteiger partial charge in [0.15, 0.2) is 0 Å². The van der Waals surface area contributed by atoms with Crippen LogP contribution in [-0.2, 0) is 9.59 Å². The molecule has 0 saturated carbocycles. The lowest BCUT2D eigenvalue weighted by Gasteiger charge is -2.26. The summed E-state index contributed by atoms with van der Waals surface area (Å²) < 4.78 is 12.8. The standard InChI is InChI=1S/C15H18FNO3S2/c1-10(8-22-12-4-2-11(16)3-5-12)13(18)17-15(14(19)20)6-7-21-9-15/h2-5,10H,6-9H2,1H3,(H,17,18)(H,19,20). The Hall–Kier alpha value is -1.21. The number of aliphatic carboxylic acids is 1. The lowest BCUT2D eigenvalue weighted by molar-refractivity contribution is -0.146. The first-order valence-corrected chi connectivity index (χ1v) is 9.08. The Labute approximate surface area is 137 Å². The van der Waals surface area contributed by atoms with E-state index < -0.39 is 11.5 Å². The van der Waals surface area contributed by atoms with Gasteiger partial charge in [0.05, 0.1) is 0 Å². The Balaban J connectivity index is 1.89. The Morgan fingerprint density at radius 3 is 2.68 bits per heavy atom. The highest BCUT2D eigenvalue weighted by molar-refractivity contribution is 7.99. The van der Waals surface area contributed by atoms with Gasteiger partial charge in [0, 0.05) is 22.3 Å². The van der Waals surface area contributed by atoms with Gasteiger partial charge in [-0.2, -0.15) is 11.8 Å². The van der Waals surface area contributed by atoms with Gasteiger partial charge < -0.3 is 10.4 Å². The number of hydrogen-bond acceptors (Lipinski definition) is 4. The molecule has 0 spiro atoms. The second-order valence-electron chi connectivity index (χ2n) is 5.35. The number of thioether (sulfide) groups is 2. The van der Waals surface area contributed by atoms with E-state index in [1.165, 1.54) is 35.7 Å². The Morgan fingerprint density at radius 1 is 1.45 bits per heavy atom. The Kier molecular flexibility index (Phi) is 5.74. The van der Waals surface area contributed by atoms with Crippen LogP contribution in [0.3, 0.4) is 0 Å². The first-order chi connectivity index (χ1) is 10.4. The van der Waals surface area contributed by atoms with Gasteiger partial charge >= 0.3 is 5.97 Å². The first kappa shape index (κ1) is 17.1. The van der Waals surface area contributed by atoms with Crippen LogP contribution in [0.2, 0.25) is 0 Å². The third-order valence-electron chi connectivity index (χ3n) is 3.55. The van der Waals surface area contributed by atoms with Gasteiger partial charge in [-0.15, -0.1) is 11.8 Å². The van der Waals surface area contributed by atoms with Gasteiger partial charge in [-0.05, 0) is 36.4 Å². The minimum Gasteiger partial charge on any atom is -0.479 e. The monoisotopic (exact) mass is 343 g/mol. The van der Waals surface area contributed by atoms with Crippen LogP contribution >= 0.6 is 23.5 Å². The van der Waals surface area contributed by atoms with E-state index in [0.717, 1.165) is 10.6 Å². The predicted octanol–water partition coefficient (Wildman–Crippen LogP) is 2.63. The van der Waals surface area contributed by atoms with Crippen LogP contribution in [0.25, 0.3) is 0 Å². The molecule has 2 N–H and O–H groups in total. The highest BCUT2D eigenvalue weighted by Gasteiger charge is 2.43. The number of nitrogens with one attached hydrogen (secondary N) is 1. The molecule has 22 heavy (non-hydrogen) atoms. The minimum atomic E-state index is -1.13. The molecule has 120 valence electrons. The van der Waals surface area contributed by atoms with E-state index >= 15 is 0 Å². The van der Waals surface area contributed by atoms with Gasteiger partial charge in [0.1, 0.15) is 11.4 Å². The molecule has 2 rings (SSSR count). The number of carbonyl (C=O) groups excluding carboxylic acids is 1. The van der Waals surface area contributed by atoms with E-state index in [1.54, 1.807) is 19.1 Å². The van der Waals surface area contributed by atoms with Crippen LogP contribution in [0.4, 0.5) is 4.39 Å². The minimum absolute atomic E-state index is 0.250. The molecule has 1 aliphatic heterocycles. The number of benzene rings is 1. The number of halogens is 1. The van der Waals surface area contributed by atoms with Crippen LogP contribution in [-0.4, -0.2) is 39.8 Å². The van der Waals surface area contributed by atoms with Crippen LogP contribution in [0.5, 0.6) is 0 Å². The van der Waals surface area contributed by atoms with Crippen molar-refractivity contribution < 1.29 is 19.1 Å². The smallest absolute Gasteiger partial charge is 0.330 e. The van der Waals surface area contributed by atoms with Crippen molar-refractivity contribution in [1.29, 1.82) is 0 Å². The van der Waals surface area contributed by atoms with Crippen molar-refractivity contribution in [2.24, 2.45) is 5.92 Å². The molecule has 0 aliphatic carbocycles. The molecule has 1 aromatic carbocycles. The van der Waals surface area contributed by atoms with Crippen molar-refractivity contribution in [3.8, 4) is 0 Å². The molecule has 1 heterocycles. The van der Waals surface area contributed by atoms with E-state index in [-0.39, 0.29) is 17.6 Å². The normalized spacial score (nSPS) is 22.3. The van der Waals surface area contributed by atoms with E-state index in [4.69, 9.17) is 0 Å². The third-order valence-corrected chi connectivity index (χ3v) is 6.02. The van der Waals surface area contributed by atoms with Gasteiger partial charge in [0.25, 0.3) is 0 Å². The van der Waals surface area contributed by atoms with Crippen molar-refractivity contribution >= 4 is 35.4 Å². The zero-order valence-corrected chi connectivity index (χ0v) is 13.8. The fourth-order valence-electron chi connectivity index (χ4n) is 2.07. The lowest BCUT2D eigenvalue weighted by atomic mass is 9.98. The quantitative estimate of drug-likeness (QED) is 0.777. The molecule has 1 saturated heterocycles. The van der Waals surface area contributed by atoms with E-state index in [2.05, 4.69) is 5.32 Å². The summed E-state index contributed by atoms with van der Waals surface area (Å²) in [4.78, 5) is 24.5. The molecule has 2 atom stereocenters.